The normalized spacial score (nSPS) is 28.8. The van der Waals surface area contributed by atoms with Crippen LogP contribution in [0.4, 0.5) is 9.18 Å². The number of ether oxygens (including phenoxy) is 1. The van der Waals surface area contributed by atoms with E-state index < -0.39 is 0 Å². The van der Waals surface area contributed by atoms with E-state index in [2.05, 4.69) is 36.2 Å². The second kappa shape index (κ2) is 7.38. The molecule has 3 fully saturated rings. The molecule has 1 N–H and O–H groups in total. The molecule has 2 aromatic rings. The fourth-order valence-electron chi connectivity index (χ4n) is 5.49. The Morgan fingerprint density at radius 2 is 1.90 bits per heavy atom. The molecular formula is C25H29FN2O2. The topological polar surface area (TPSA) is 41.6 Å². The number of halogens is 1. The molecule has 30 heavy (non-hydrogen) atoms. The zero-order chi connectivity index (χ0) is 20.9. The maximum Gasteiger partial charge on any atom is 0.407 e. The van der Waals surface area contributed by atoms with Crippen LogP contribution in [0.25, 0.3) is 11.1 Å². The van der Waals surface area contributed by atoms with Crippen molar-refractivity contribution in [3.8, 4) is 11.1 Å². The van der Waals surface area contributed by atoms with E-state index in [1.807, 2.05) is 12.1 Å². The Kier molecular flexibility index (Phi) is 4.81. The Labute approximate surface area is 177 Å². The van der Waals surface area contributed by atoms with Crippen LogP contribution in [0.3, 0.4) is 0 Å². The van der Waals surface area contributed by atoms with E-state index in [1.165, 1.54) is 11.6 Å². The highest BCUT2D eigenvalue weighted by atomic mass is 19.1. The van der Waals surface area contributed by atoms with Gasteiger partial charge >= 0.3 is 6.09 Å². The molecule has 4 nitrogen and oxygen atoms in total. The third kappa shape index (κ3) is 3.60. The molecule has 2 atom stereocenters. The number of fused-ring (bicyclic) bond motifs is 4. The third-order valence-electron chi connectivity index (χ3n) is 7.16. The fourth-order valence-corrected chi connectivity index (χ4v) is 5.49. The predicted molar refractivity (Wildman–Crippen MR) is 115 cm³/mol. The number of alkyl carbamates (subject to hydrolysis) is 1. The first-order chi connectivity index (χ1) is 14.4. The maximum absolute atomic E-state index is 13.7. The van der Waals surface area contributed by atoms with Crippen LogP contribution in [-0.4, -0.2) is 36.7 Å². The van der Waals surface area contributed by atoms with Crippen molar-refractivity contribution in [2.75, 3.05) is 19.6 Å². The molecule has 0 spiro atoms. The van der Waals surface area contributed by atoms with Crippen molar-refractivity contribution < 1.29 is 13.9 Å². The first-order valence-electron chi connectivity index (χ1n) is 11.0. The Morgan fingerprint density at radius 3 is 2.60 bits per heavy atom. The van der Waals surface area contributed by atoms with E-state index in [1.54, 1.807) is 12.1 Å². The van der Waals surface area contributed by atoms with Crippen molar-refractivity contribution in [2.24, 2.45) is 11.3 Å². The van der Waals surface area contributed by atoms with E-state index in [4.69, 9.17) is 4.74 Å². The van der Waals surface area contributed by atoms with Gasteiger partial charge in [-0.3, -0.25) is 4.90 Å². The van der Waals surface area contributed by atoms with E-state index >= 15 is 0 Å². The lowest BCUT2D eigenvalue weighted by Gasteiger charge is -2.44. The Bertz CT molecular complexity index is 965. The number of hydrogen-bond donors (Lipinski definition) is 1. The molecule has 5 heteroatoms. The van der Waals surface area contributed by atoms with Crippen molar-refractivity contribution in [2.45, 2.75) is 45.3 Å². The van der Waals surface area contributed by atoms with Gasteiger partial charge in [-0.2, -0.15) is 0 Å². The number of rotatable bonds is 3. The summed E-state index contributed by atoms with van der Waals surface area (Å²) in [7, 11) is 0. The Hall–Kier alpha value is -2.40. The van der Waals surface area contributed by atoms with Crippen LogP contribution in [0.2, 0.25) is 0 Å². The minimum atomic E-state index is -0.323. The molecule has 1 amide bonds. The highest BCUT2D eigenvalue weighted by molar-refractivity contribution is 5.70. The molecule has 1 aliphatic carbocycles. The number of nitrogens with one attached hydrogen (secondary N) is 1. The quantitative estimate of drug-likeness (QED) is 0.782. The summed E-state index contributed by atoms with van der Waals surface area (Å²) in [5.74, 6) is 0.244. The number of carbonyl (C=O) groups excluding carboxylic acids is 1. The minimum absolute atomic E-state index is 0.00452. The van der Waals surface area contributed by atoms with Gasteiger partial charge in [-0.25, -0.2) is 9.18 Å². The van der Waals surface area contributed by atoms with Crippen LogP contribution >= 0.6 is 0 Å². The lowest BCUT2D eigenvalue weighted by atomic mass is 9.85. The van der Waals surface area contributed by atoms with Crippen molar-refractivity contribution in [3.05, 3.63) is 59.4 Å². The molecule has 3 aliphatic heterocycles. The number of carbonyl (C=O) groups is 1. The zero-order valence-electron chi connectivity index (χ0n) is 17.7. The first-order valence-corrected chi connectivity index (χ1v) is 11.0. The zero-order valence-corrected chi connectivity index (χ0v) is 17.7. The molecule has 0 saturated carbocycles. The number of nitrogens with zero attached hydrogens (tertiary/aromatic N) is 1. The van der Waals surface area contributed by atoms with E-state index in [0.29, 0.717) is 5.92 Å². The molecule has 0 aromatic heterocycles. The molecule has 4 aliphatic rings. The standard InChI is InChI=1S/C25H29FN2O2/c1-25(2)14-19-7-6-18(17-4-3-5-20(26)12-17)13-21(19)23(25)27-24(29)30-22-15-28-10-8-16(22)9-11-28/h3-7,12-13,16,22-23H,8-11,14-15H2,1-2H3,(H,27,29)/t22-,23?/m0/s1. The van der Waals surface area contributed by atoms with Gasteiger partial charge in [0.25, 0.3) is 0 Å². The van der Waals surface area contributed by atoms with Gasteiger partial charge in [0.2, 0.25) is 0 Å². The molecule has 0 radical (unpaired) electrons. The summed E-state index contributed by atoms with van der Waals surface area (Å²) < 4.78 is 19.6. The lowest BCUT2D eigenvalue weighted by molar-refractivity contribution is -0.0348. The highest BCUT2D eigenvalue weighted by Crippen LogP contribution is 2.46. The van der Waals surface area contributed by atoms with Gasteiger partial charge in [-0.1, -0.05) is 38.1 Å². The van der Waals surface area contributed by atoms with Gasteiger partial charge in [0.05, 0.1) is 6.04 Å². The van der Waals surface area contributed by atoms with Gasteiger partial charge < -0.3 is 10.1 Å². The van der Waals surface area contributed by atoms with E-state index in [0.717, 1.165) is 55.6 Å². The number of benzene rings is 2. The molecular weight excluding hydrogens is 379 g/mol. The van der Waals surface area contributed by atoms with Gasteiger partial charge in [0.15, 0.2) is 0 Å². The summed E-state index contributed by atoms with van der Waals surface area (Å²) in [4.78, 5) is 15.2. The Balaban J connectivity index is 1.36. The molecule has 3 heterocycles. The second-order valence-electron chi connectivity index (χ2n) is 9.75. The van der Waals surface area contributed by atoms with Gasteiger partial charge in [-0.15, -0.1) is 0 Å². The maximum atomic E-state index is 13.7. The summed E-state index contributed by atoms with van der Waals surface area (Å²) in [5, 5.41) is 3.17. The lowest BCUT2D eigenvalue weighted by Crippen LogP contribution is -2.53. The summed E-state index contributed by atoms with van der Waals surface area (Å²) in [6.07, 6.45) is 2.79. The van der Waals surface area contributed by atoms with Gasteiger partial charge in [0.1, 0.15) is 11.9 Å². The van der Waals surface area contributed by atoms with E-state index in [-0.39, 0.29) is 29.5 Å². The average molecular weight is 409 g/mol. The van der Waals surface area contributed by atoms with Crippen LogP contribution in [-0.2, 0) is 11.2 Å². The summed E-state index contributed by atoms with van der Waals surface area (Å²) in [5.41, 5.74) is 4.03. The largest absolute Gasteiger partial charge is 0.445 e. The SMILES string of the molecule is CC1(C)Cc2ccc(-c3cccc(F)c3)cc2C1NC(=O)O[C@H]1CN2CCC1CC2. The molecule has 6 rings (SSSR count). The van der Waals surface area contributed by atoms with Crippen molar-refractivity contribution in [1.82, 2.24) is 10.2 Å². The molecule has 158 valence electrons. The predicted octanol–water partition coefficient (Wildman–Crippen LogP) is 4.94. The van der Waals surface area contributed by atoms with Gasteiger partial charge in [-0.05, 0) is 84.1 Å². The van der Waals surface area contributed by atoms with Gasteiger partial charge in [0, 0.05) is 6.54 Å². The Morgan fingerprint density at radius 1 is 1.13 bits per heavy atom. The first kappa shape index (κ1) is 19.6. The molecule has 2 bridgehead atoms. The van der Waals surface area contributed by atoms with Crippen LogP contribution in [0.1, 0.15) is 43.9 Å². The second-order valence-corrected chi connectivity index (χ2v) is 9.75. The van der Waals surface area contributed by atoms with Crippen molar-refractivity contribution in [1.29, 1.82) is 0 Å². The smallest absolute Gasteiger partial charge is 0.407 e. The molecule has 2 aromatic carbocycles. The van der Waals surface area contributed by atoms with Crippen LogP contribution in [0.15, 0.2) is 42.5 Å². The molecule has 3 saturated heterocycles. The van der Waals surface area contributed by atoms with Crippen molar-refractivity contribution >= 4 is 6.09 Å². The van der Waals surface area contributed by atoms with Crippen LogP contribution in [0.5, 0.6) is 0 Å². The third-order valence-corrected chi connectivity index (χ3v) is 7.16. The fraction of sp³-hybridized carbons (Fsp3) is 0.480. The number of hydrogen-bond acceptors (Lipinski definition) is 3. The van der Waals surface area contributed by atoms with E-state index in [9.17, 15) is 9.18 Å². The monoisotopic (exact) mass is 408 g/mol. The summed E-state index contributed by atoms with van der Waals surface area (Å²) in [6, 6.07) is 12.8. The molecule has 1 unspecified atom stereocenters. The van der Waals surface area contributed by atoms with Crippen LogP contribution < -0.4 is 5.32 Å². The van der Waals surface area contributed by atoms with Crippen molar-refractivity contribution in [3.63, 3.8) is 0 Å². The summed E-state index contributed by atoms with van der Waals surface area (Å²) >= 11 is 0. The number of piperidine rings is 3. The number of amides is 1. The minimum Gasteiger partial charge on any atom is -0.445 e. The van der Waals surface area contributed by atoms with Crippen LogP contribution in [0, 0.1) is 17.2 Å². The summed E-state index contributed by atoms with van der Waals surface area (Å²) in [6.45, 7) is 7.45. The average Bonchev–Trinajstić information content (AvgIpc) is 2.98. The highest BCUT2D eigenvalue weighted by Gasteiger charge is 2.42.